The lowest BCUT2D eigenvalue weighted by Gasteiger charge is -2.38. The molecule has 0 radical (unpaired) electrons. The number of urea groups is 1. The van der Waals surface area contributed by atoms with Gasteiger partial charge in [-0.05, 0) is 57.2 Å². The molecule has 1 aliphatic rings. The molecule has 208 valence electrons. The van der Waals surface area contributed by atoms with Crippen LogP contribution in [0, 0.1) is 11.7 Å². The van der Waals surface area contributed by atoms with Crippen LogP contribution in [0.25, 0.3) is 0 Å². The van der Waals surface area contributed by atoms with E-state index in [-0.39, 0.29) is 59.5 Å². The van der Waals surface area contributed by atoms with Gasteiger partial charge in [0.2, 0.25) is 10.0 Å². The maximum atomic E-state index is 13.5. The minimum absolute atomic E-state index is 0.0706. The normalized spacial score (nSPS) is 18.9. The molecule has 38 heavy (non-hydrogen) atoms. The molecule has 0 fully saturated rings. The SMILES string of the molecule is CC(C)NC(=O)Nc1cccc2c1O[C@H](CN(C)S(=O)(=O)c1ccc(F)cc1)[C@@H](C)CN([C@H](C)CO)C2=O. The number of hydrogen-bond donors (Lipinski definition) is 3. The second-order valence-corrected chi connectivity index (χ2v) is 11.8. The smallest absolute Gasteiger partial charge is 0.319 e. The number of aliphatic hydroxyl groups excluding tert-OH is 1. The molecule has 3 amide bonds. The van der Waals surface area contributed by atoms with E-state index in [9.17, 15) is 27.5 Å². The van der Waals surface area contributed by atoms with Crippen molar-refractivity contribution in [3.63, 3.8) is 0 Å². The molecule has 0 saturated carbocycles. The third-order valence-electron chi connectivity index (χ3n) is 6.32. The minimum atomic E-state index is -3.98. The van der Waals surface area contributed by atoms with E-state index < -0.39 is 34.0 Å². The van der Waals surface area contributed by atoms with Crippen LogP contribution in [0.5, 0.6) is 5.75 Å². The minimum Gasteiger partial charge on any atom is -0.486 e. The number of nitrogens with zero attached hydrogens (tertiary/aromatic N) is 2. The van der Waals surface area contributed by atoms with Gasteiger partial charge in [0.05, 0.1) is 35.3 Å². The number of rotatable bonds is 8. The number of nitrogens with one attached hydrogen (secondary N) is 2. The van der Waals surface area contributed by atoms with Gasteiger partial charge in [0.15, 0.2) is 5.75 Å². The molecule has 12 heteroatoms. The first-order valence-electron chi connectivity index (χ1n) is 12.4. The Morgan fingerprint density at radius 2 is 1.87 bits per heavy atom. The van der Waals surface area contributed by atoms with E-state index in [0.717, 1.165) is 16.4 Å². The highest BCUT2D eigenvalue weighted by molar-refractivity contribution is 7.89. The lowest BCUT2D eigenvalue weighted by Crippen LogP contribution is -2.50. The Balaban J connectivity index is 2.02. The van der Waals surface area contributed by atoms with E-state index in [0.29, 0.717) is 0 Å². The molecule has 3 rings (SSSR count). The summed E-state index contributed by atoms with van der Waals surface area (Å²) in [5, 5.41) is 15.3. The molecule has 0 spiro atoms. The Hall–Kier alpha value is -3.22. The first kappa shape index (κ1) is 29.3. The highest BCUT2D eigenvalue weighted by Crippen LogP contribution is 2.35. The molecule has 0 aliphatic carbocycles. The van der Waals surface area contributed by atoms with Crippen LogP contribution in [0.3, 0.4) is 0 Å². The first-order chi connectivity index (χ1) is 17.8. The molecule has 0 aromatic heterocycles. The molecule has 2 aromatic rings. The molecule has 3 N–H and O–H groups in total. The van der Waals surface area contributed by atoms with Crippen LogP contribution in [-0.2, 0) is 10.0 Å². The van der Waals surface area contributed by atoms with Crippen molar-refractivity contribution in [3.8, 4) is 5.75 Å². The number of benzene rings is 2. The standard InChI is InChI=1S/C26H35FN4O6S/c1-16(2)28-26(34)29-22-8-6-7-21-24(22)37-23(17(3)13-31(25(21)33)18(4)15-32)14-30(5)38(35,36)20-11-9-19(27)10-12-20/h6-12,16-18,23,32H,13-15H2,1-5H3,(H2,28,29,34)/t17-,18+,23+/m0/s1. The zero-order valence-corrected chi connectivity index (χ0v) is 23.0. The van der Waals surface area contributed by atoms with Crippen LogP contribution in [0.2, 0.25) is 0 Å². The molecule has 0 bridgehead atoms. The van der Waals surface area contributed by atoms with E-state index in [4.69, 9.17) is 4.74 Å². The Morgan fingerprint density at radius 3 is 2.47 bits per heavy atom. The Bertz CT molecular complexity index is 1250. The quantitative estimate of drug-likeness (QED) is 0.464. The van der Waals surface area contributed by atoms with Crippen LogP contribution in [0.4, 0.5) is 14.9 Å². The second kappa shape index (κ2) is 12.1. The third-order valence-corrected chi connectivity index (χ3v) is 8.16. The van der Waals surface area contributed by atoms with Crippen LogP contribution >= 0.6 is 0 Å². The molecule has 2 aromatic carbocycles. The van der Waals surface area contributed by atoms with Crippen LogP contribution < -0.4 is 15.4 Å². The number of likely N-dealkylation sites (N-methyl/N-ethyl adjacent to an activating group) is 1. The largest absolute Gasteiger partial charge is 0.486 e. The van der Waals surface area contributed by atoms with Gasteiger partial charge in [-0.2, -0.15) is 4.31 Å². The molecular weight excluding hydrogens is 515 g/mol. The van der Waals surface area contributed by atoms with Crippen molar-refractivity contribution in [1.29, 1.82) is 0 Å². The number of hydrogen-bond acceptors (Lipinski definition) is 6. The molecule has 10 nitrogen and oxygen atoms in total. The summed E-state index contributed by atoms with van der Waals surface area (Å²) in [4.78, 5) is 27.4. The number of aliphatic hydroxyl groups is 1. The Morgan fingerprint density at radius 1 is 1.21 bits per heavy atom. The summed E-state index contributed by atoms with van der Waals surface area (Å²) in [5.41, 5.74) is 0.419. The summed E-state index contributed by atoms with van der Waals surface area (Å²) in [6.45, 7) is 6.97. The fourth-order valence-corrected chi connectivity index (χ4v) is 5.30. The predicted octanol–water partition coefficient (Wildman–Crippen LogP) is 2.90. The van der Waals surface area contributed by atoms with Crippen LogP contribution in [-0.4, -0.2) is 79.6 Å². The monoisotopic (exact) mass is 550 g/mol. The molecular formula is C26H35FN4O6S. The number of sulfonamides is 1. The number of amides is 3. The number of carbonyl (C=O) groups is 2. The van der Waals surface area contributed by atoms with Gasteiger partial charge >= 0.3 is 6.03 Å². The van der Waals surface area contributed by atoms with Gasteiger partial charge in [-0.25, -0.2) is 17.6 Å². The zero-order chi connectivity index (χ0) is 28.2. The number of fused-ring (bicyclic) bond motifs is 1. The maximum absolute atomic E-state index is 13.5. The average molecular weight is 551 g/mol. The third kappa shape index (κ3) is 6.61. The van der Waals surface area contributed by atoms with Crippen molar-refractivity contribution < 1.29 is 32.2 Å². The number of anilines is 1. The zero-order valence-electron chi connectivity index (χ0n) is 22.1. The van der Waals surface area contributed by atoms with Crippen molar-refractivity contribution in [1.82, 2.24) is 14.5 Å². The van der Waals surface area contributed by atoms with Crippen molar-refractivity contribution in [2.45, 2.75) is 50.8 Å². The number of ether oxygens (including phenoxy) is 1. The predicted molar refractivity (Wildman–Crippen MR) is 141 cm³/mol. The molecule has 0 saturated heterocycles. The maximum Gasteiger partial charge on any atom is 0.319 e. The summed E-state index contributed by atoms with van der Waals surface area (Å²) in [5.74, 6) is -1.20. The van der Waals surface area contributed by atoms with E-state index in [1.165, 1.54) is 24.1 Å². The molecule has 1 aliphatic heterocycles. The summed E-state index contributed by atoms with van der Waals surface area (Å²) < 4.78 is 47.2. The van der Waals surface area contributed by atoms with Gasteiger partial charge < -0.3 is 25.4 Å². The van der Waals surface area contributed by atoms with E-state index in [1.54, 1.807) is 39.0 Å². The van der Waals surface area contributed by atoms with Crippen LogP contribution in [0.1, 0.15) is 38.1 Å². The van der Waals surface area contributed by atoms with Crippen molar-refractivity contribution in [2.24, 2.45) is 5.92 Å². The van der Waals surface area contributed by atoms with Gasteiger partial charge in [-0.15, -0.1) is 0 Å². The van der Waals surface area contributed by atoms with Crippen molar-refractivity contribution in [3.05, 3.63) is 53.8 Å². The summed E-state index contributed by atoms with van der Waals surface area (Å²) >= 11 is 0. The average Bonchev–Trinajstić information content (AvgIpc) is 2.85. The Labute approximate surface area is 222 Å². The Kier molecular flexibility index (Phi) is 9.34. The number of halogens is 1. The summed E-state index contributed by atoms with van der Waals surface area (Å²) in [6, 6.07) is 8.15. The highest BCUT2D eigenvalue weighted by atomic mass is 32.2. The fraction of sp³-hybridized carbons (Fsp3) is 0.462. The van der Waals surface area contributed by atoms with Crippen molar-refractivity contribution in [2.75, 3.05) is 32.1 Å². The van der Waals surface area contributed by atoms with Crippen molar-refractivity contribution >= 4 is 27.6 Å². The number of carbonyl (C=O) groups excluding carboxylic acids is 2. The number of para-hydroxylation sites is 1. The summed E-state index contributed by atoms with van der Waals surface area (Å²) in [7, 11) is -2.58. The van der Waals surface area contributed by atoms with E-state index in [2.05, 4.69) is 10.6 Å². The van der Waals surface area contributed by atoms with Gasteiger partial charge in [0.25, 0.3) is 5.91 Å². The van der Waals surface area contributed by atoms with E-state index >= 15 is 0 Å². The fourth-order valence-electron chi connectivity index (χ4n) is 4.12. The van der Waals surface area contributed by atoms with E-state index in [1.807, 2.05) is 6.92 Å². The van der Waals surface area contributed by atoms with Gasteiger partial charge in [0, 0.05) is 25.6 Å². The molecule has 0 unspecified atom stereocenters. The highest BCUT2D eigenvalue weighted by Gasteiger charge is 2.36. The van der Waals surface area contributed by atoms with Gasteiger partial charge in [0.1, 0.15) is 11.9 Å². The lowest BCUT2D eigenvalue weighted by molar-refractivity contribution is 0.0389. The second-order valence-electron chi connectivity index (χ2n) is 9.80. The van der Waals surface area contributed by atoms with Gasteiger partial charge in [-0.1, -0.05) is 13.0 Å². The molecule has 1 heterocycles. The van der Waals surface area contributed by atoms with Crippen LogP contribution in [0.15, 0.2) is 47.4 Å². The molecule has 3 atom stereocenters. The first-order valence-corrected chi connectivity index (χ1v) is 13.8. The lowest BCUT2D eigenvalue weighted by atomic mass is 9.99. The van der Waals surface area contributed by atoms with Gasteiger partial charge in [-0.3, -0.25) is 4.79 Å². The summed E-state index contributed by atoms with van der Waals surface area (Å²) in [6.07, 6.45) is -0.744. The topological polar surface area (TPSA) is 128 Å².